The molecule has 0 aliphatic carbocycles. The second kappa shape index (κ2) is 1.90. The average molecular weight is 118 g/mol. The molecule has 0 aromatic rings. The summed E-state index contributed by atoms with van der Waals surface area (Å²) in [7, 11) is 3.24. The van der Waals surface area contributed by atoms with E-state index in [1.54, 1.807) is 7.11 Å². The Balaban J connectivity index is 3.17. The van der Waals surface area contributed by atoms with Gasteiger partial charge in [-0.2, -0.15) is 0 Å². The molecule has 0 saturated heterocycles. The van der Waals surface area contributed by atoms with Gasteiger partial charge < -0.3 is 4.43 Å². The van der Waals surface area contributed by atoms with Crippen LogP contribution in [0, 0.1) is 0 Å². The Bertz CT molecular complexity index is 38.5. The topological polar surface area (TPSA) is 9.23 Å². The first-order valence-electron chi connectivity index (χ1n) is 1.90. The summed E-state index contributed by atoms with van der Waals surface area (Å²) in [5.74, 6) is 0. The van der Waals surface area contributed by atoms with Crippen molar-refractivity contribution < 1.29 is 4.43 Å². The Kier molecular flexibility index (Phi) is 2.03. The van der Waals surface area contributed by atoms with Crippen molar-refractivity contribution in [3.63, 3.8) is 0 Å². The van der Waals surface area contributed by atoms with Crippen molar-refractivity contribution in [1.82, 2.24) is 0 Å². The predicted molar refractivity (Wildman–Crippen MR) is 31.6 cm³/mol. The van der Waals surface area contributed by atoms with E-state index >= 15 is 0 Å². The zero-order chi connectivity index (χ0) is 5.21. The Hall–Kier alpha value is 0.394. The molecule has 0 heterocycles. The van der Waals surface area contributed by atoms with E-state index in [0.717, 1.165) is 0 Å². The lowest BCUT2D eigenvalue weighted by Crippen LogP contribution is -2.28. The van der Waals surface area contributed by atoms with E-state index < -0.39 is 7.83 Å². The molecule has 0 bridgehead atoms. The summed E-state index contributed by atoms with van der Waals surface area (Å²) < 4.78 is 5.04. The molecule has 3 heteroatoms. The van der Waals surface area contributed by atoms with Crippen LogP contribution in [0.25, 0.3) is 0 Å². The first-order valence-corrected chi connectivity index (χ1v) is 6.62. The highest BCUT2D eigenvalue weighted by Crippen LogP contribution is 1.91. The lowest BCUT2D eigenvalue weighted by Gasteiger charge is -2.10. The maximum absolute atomic E-state index is 5.04. The third-order valence-corrected chi connectivity index (χ3v) is 2.29. The van der Waals surface area contributed by atoms with Crippen LogP contribution >= 0.6 is 0 Å². The third-order valence-electron chi connectivity index (χ3n) is 0.526. The van der Waals surface area contributed by atoms with Gasteiger partial charge in [0.2, 0.25) is 0 Å². The number of rotatable bonds is 1. The van der Waals surface area contributed by atoms with Crippen molar-refractivity contribution in [3.8, 4) is 0 Å². The number of hydrogen-bond donors (Lipinski definition) is 0. The molecule has 0 aromatic carbocycles. The normalized spacial score (nSPS) is 12.0. The van der Waals surface area contributed by atoms with E-state index in [4.69, 9.17) is 4.43 Å². The molecule has 0 unspecified atom stereocenters. The van der Waals surface area contributed by atoms with Crippen molar-refractivity contribution in [3.05, 3.63) is 0 Å². The highest BCUT2D eigenvalue weighted by atomic mass is 29.2. The summed E-state index contributed by atoms with van der Waals surface area (Å²) in [5, 5.41) is 0. The maximum atomic E-state index is 5.04. The van der Waals surface area contributed by atoms with Crippen LogP contribution in [0.5, 0.6) is 0 Å². The third kappa shape index (κ3) is 4.39. The molecule has 0 aliphatic rings. The minimum Gasteiger partial charge on any atom is -0.424 e. The zero-order valence-corrected chi connectivity index (χ0v) is 6.64. The minimum absolute atomic E-state index is 1.21. The molecule has 0 fully saturated rings. The molecule has 0 aromatic heterocycles. The van der Waals surface area contributed by atoms with Gasteiger partial charge in [-0.05, 0) is 13.1 Å². The van der Waals surface area contributed by atoms with Crippen molar-refractivity contribution in [2.75, 3.05) is 7.11 Å². The van der Waals surface area contributed by atoms with E-state index in [9.17, 15) is 0 Å². The maximum Gasteiger partial charge on any atom is 0.163 e. The van der Waals surface area contributed by atoms with Gasteiger partial charge in [-0.15, -0.1) is 0 Å². The predicted octanol–water partition coefficient (Wildman–Crippen LogP) is 0.235. The van der Waals surface area contributed by atoms with Crippen LogP contribution in [0.2, 0.25) is 13.1 Å². The zero-order valence-electron chi connectivity index (χ0n) is 4.49. The van der Waals surface area contributed by atoms with E-state index in [-0.39, 0.29) is 0 Å². The SMILES string of the molecule is CO[Si](C)(C)[SiH]. The first-order chi connectivity index (χ1) is 2.56. The molecule has 0 rings (SSSR count). The Morgan fingerprint density at radius 3 is 1.67 bits per heavy atom. The monoisotopic (exact) mass is 118 g/mol. The second-order valence-corrected chi connectivity index (χ2v) is 9.59. The van der Waals surface area contributed by atoms with Crippen molar-refractivity contribution in [2.45, 2.75) is 13.1 Å². The van der Waals surface area contributed by atoms with E-state index in [1.165, 1.54) is 0 Å². The van der Waals surface area contributed by atoms with Gasteiger partial charge >= 0.3 is 0 Å². The molecular weight excluding hydrogens is 108 g/mol. The van der Waals surface area contributed by atoms with Crippen LogP contribution in [0.1, 0.15) is 0 Å². The molecule has 6 heavy (non-hydrogen) atoms. The average Bonchev–Trinajstić information content (AvgIpc) is 1.35. The van der Waals surface area contributed by atoms with Gasteiger partial charge in [0, 0.05) is 16.9 Å². The largest absolute Gasteiger partial charge is 0.424 e. The molecule has 1 nitrogen and oxygen atoms in total. The molecular formula is C3H10OSi2. The Morgan fingerprint density at radius 1 is 1.50 bits per heavy atom. The van der Waals surface area contributed by atoms with Crippen molar-refractivity contribution in [2.24, 2.45) is 0 Å². The fraction of sp³-hybridized carbons (Fsp3) is 1.00. The molecule has 0 saturated carbocycles. The van der Waals surface area contributed by atoms with E-state index in [2.05, 4.69) is 22.9 Å². The van der Waals surface area contributed by atoms with Crippen LogP contribution in [0.3, 0.4) is 0 Å². The van der Waals surface area contributed by atoms with Crippen LogP contribution in [-0.2, 0) is 4.43 Å². The van der Waals surface area contributed by atoms with Crippen LogP contribution < -0.4 is 0 Å². The lowest BCUT2D eigenvalue weighted by atomic mass is 11.8. The minimum atomic E-state index is -1.21. The van der Waals surface area contributed by atoms with Gasteiger partial charge in [-0.3, -0.25) is 0 Å². The van der Waals surface area contributed by atoms with Gasteiger partial charge in [0.05, 0.1) is 0 Å². The van der Waals surface area contributed by atoms with Gasteiger partial charge in [0.15, 0.2) is 7.83 Å². The fourth-order valence-electron chi connectivity index (χ4n) is 0. The van der Waals surface area contributed by atoms with E-state index in [0.29, 0.717) is 0 Å². The summed E-state index contributed by atoms with van der Waals surface area (Å²) in [6.45, 7) is 4.25. The van der Waals surface area contributed by atoms with E-state index in [1.807, 2.05) is 0 Å². The summed E-state index contributed by atoms with van der Waals surface area (Å²) >= 11 is 0. The van der Waals surface area contributed by atoms with Crippen LogP contribution in [-0.4, -0.2) is 24.7 Å². The Morgan fingerprint density at radius 2 is 1.67 bits per heavy atom. The summed E-state index contributed by atoms with van der Waals surface area (Å²) in [6, 6.07) is 0. The van der Waals surface area contributed by atoms with Gasteiger partial charge in [-0.1, -0.05) is 0 Å². The van der Waals surface area contributed by atoms with Gasteiger partial charge in [0.25, 0.3) is 0 Å². The Labute approximate surface area is 43.0 Å². The van der Waals surface area contributed by atoms with Gasteiger partial charge in [0.1, 0.15) is 0 Å². The standard InChI is InChI=1S/C3H10OSi2/c1-4-6(2,3)5/h5H,1-3H3. The summed E-state index contributed by atoms with van der Waals surface area (Å²) in [6.07, 6.45) is 0. The quantitative estimate of drug-likeness (QED) is 0.448. The summed E-state index contributed by atoms with van der Waals surface area (Å²) in [5.41, 5.74) is 0. The highest BCUT2D eigenvalue weighted by Gasteiger charge is 2.09. The summed E-state index contributed by atoms with van der Waals surface area (Å²) in [4.78, 5) is 0. The molecule has 0 atom stereocenters. The molecule has 0 aliphatic heterocycles. The molecule has 0 N–H and O–H groups in total. The number of hydrogen-bond acceptors (Lipinski definition) is 1. The van der Waals surface area contributed by atoms with Crippen LogP contribution in [0.15, 0.2) is 0 Å². The highest BCUT2D eigenvalue weighted by molar-refractivity contribution is 7.11. The molecule has 36 valence electrons. The molecule has 0 spiro atoms. The fourth-order valence-corrected chi connectivity index (χ4v) is 0. The van der Waals surface area contributed by atoms with Gasteiger partial charge in [-0.25, -0.2) is 0 Å². The smallest absolute Gasteiger partial charge is 0.163 e. The first kappa shape index (κ1) is 6.39. The second-order valence-electron chi connectivity index (χ2n) is 1.81. The molecule has 0 amide bonds. The van der Waals surface area contributed by atoms with Crippen molar-refractivity contribution in [1.29, 1.82) is 0 Å². The van der Waals surface area contributed by atoms with Crippen LogP contribution in [0.4, 0.5) is 0 Å². The lowest BCUT2D eigenvalue weighted by molar-refractivity contribution is 0.422. The molecule has 2 radical (unpaired) electrons. The van der Waals surface area contributed by atoms with Crippen molar-refractivity contribution >= 4 is 17.6 Å².